The van der Waals surface area contributed by atoms with Gasteiger partial charge < -0.3 is 15.1 Å². The molecule has 1 aromatic carbocycles. The van der Waals surface area contributed by atoms with E-state index in [-0.39, 0.29) is 17.9 Å². The van der Waals surface area contributed by atoms with Crippen molar-refractivity contribution in [3.05, 3.63) is 47.7 Å². The van der Waals surface area contributed by atoms with Crippen molar-refractivity contribution in [2.24, 2.45) is 5.73 Å². The Hall–Kier alpha value is -2.21. The molecule has 21 heavy (non-hydrogen) atoms. The van der Waals surface area contributed by atoms with E-state index in [9.17, 15) is 4.79 Å². The van der Waals surface area contributed by atoms with Crippen LogP contribution in [0.2, 0.25) is 0 Å². The zero-order chi connectivity index (χ0) is 14.8. The summed E-state index contributed by atoms with van der Waals surface area (Å²) in [6.07, 6.45) is 0.526. The highest BCUT2D eigenvalue weighted by atomic mass is 16.4. The topological polar surface area (TPSA) is 85.2 Å². The summed E-state index contributed by atoms with van der Waals surface area (Å²) in [7, 11) is 0. The first-order valence-corrected chi connectivity index (χ1v) is 7.04. The van der Waals surface area contributed by atoms with Crippen molar-refractivity contribution < 1.29 is 9.21 Å². The van der Waals surface area contributed by atoms with Crippen LogP contribution in [-0.2, 0) is 11.3 Å². The van der Waals surface area contributed by atoms with Crippen LogP contribution in [0, 0.1) is 0 Å². The van der Waals surface area contributed by atoms with Crippen molar-refractivity contribution in [2.45, 2.75) is 31.8 Å². The molecule has 1 fully saturated rings. The second kappa shape index (κ2) is 5.65. The zero-order valence-corrected chi connectivity index (χ0v) is 11.9. The van der Waals surface area contributed by atoms with Crippen LogP contribution in [0.3, 0.4) is 0 Å². The fourth-order valence-electron chi connectivity index (χ4n) is 2.55. The lowest BCUT2D eigenvalue weighted by atomic mass is 9.99. The first-order valence-electron chi connectivity index (χ1n) is 7.04. The average Bonchev–Trinajstić information content (AvgIpc) is 3.08. The lowest BCUT2D eigenvalue weighted by molar-refractivity contribution is -0.128. The summed E-state index contributed by atoms with van der Waals surface area (Å²) >= 11 is 0. The second-order valence-corrected chi connectivity index (χ2v) is 5.41. The van der Waals surface area contributed by atoms with E-state index in [1.165, 1.54) is 5.56 Å². The Labute approximate surface area is 123 Å². The number of hydrogen-bond acceptors (Lipinski definition) is 5. The molecule has 1 saturated heterocycles. The monoisotopic (exact) mass is 286 g/mol. The first kappa shape index (κ1) is 13.8. The number of hydrogen-bond donors (Lipinski definition) is 1. The maximum atomic E-state index is 12.1. The summed E-state index contributed by atoms with van der Waals surface area (Å²) < 4.78 is 5.46. The molecule has 0 spiro atoms. The van der Waals surface area contributed by atoms with E-state index in [0.717, 1.165) is 0 Å². The first-order chi connectivity index (χ1) is 10.1. The maximum Gasteiger partial charge on any atom is 0.235 e. The van der Waals surface area contributed by atoms with E-state index < -0.39 is 0 Å². The van der Waals surface area contributed by atoms with Crippen LogP contribution in [0.25, 0.3) is 0 Å². The van der Waals surface area contributed by atoms with Gasteiger partial charge in [0.15, 0.2) is 0 Å². The van der Waals surface area contributed by atoms with Gasteiger partial charge in [-0.3, -0.25) is 4.79 Å². The highest BCUT2D eigenvalue weighted by Crippen LogP contribution is 2.28. The van der Waals surface area contributed by atoms with Gasteiger partial charge in [0.2, 0.25) is 17.7 Å². The molecule has 2 atom stereocenters. The third-order valence-electron chi connectivity index (χ3n) is 3.68. The van der Waals surface area contributed by atoms with Crippen molar-refractivity contribution >= 4 is 5.91 Å². The predicted molar refractivity (Wildman–Crippen MR) is 76.1 cm³/mol. The summed E-state index contributed by atoms with van der Waals surface area (Å²) in [6.45, 7) is 2.81. The van der Waals surface area contributed by atoms with Crippen LogP contribution in [-0.4, -0.2) is 27.5 Å². The summed E-state index contributed by atoms with van der Waals surface area (Å²) in [6, 6.07) is 9.79. The minimum absolute atomic E-state index is 0.115. The van der Waals surface area contributed by atoms with Gasteiger partial charge in [-0.15, -0.1) is 10.2 Å². The number of rotatable bonds is 4. The number of likely N-dealkylation sites (tertiary alicyclic amines) is 1. The lowest BCUT2D eigenvalue weighted by Crippen LogP contribution is -2.24. The molecular formula is C15H18N4O2. The number of carbonyl (C=O) groups is 1. The zero-order valence-electron chi connectivity index (χ0n) is 11.9. The molecule has 0 radical (unpaired) electrons. The van der Waals surface area contributed by atoms with Crippen LogP contribution in [0.4, 0.5) is 0 Å². The molecule has 110 valence electrons. The minimum atomic E-state index is -0.294. The largest absolute Gasteiger partial charge is 0.422 e. The second-order valence-electron chi connectivity index (χ2n) is 5.41. The van der Waals surface area contributed by atoms with Gasteiger partial charge in [-0.2, -0.15) is 0 Å². The highest BCUT2D eigenvalue weighted by Gasteiger charge is 2.31. The SMILES string of the molecule is CC(N)c1nnc(CN2CC(c3ccccc3)CC2=O)o1. The molecule has 1 aromatic heterocycles. The Morgan fingerprint density at radius 3 is 2.81 bits per heavy atom. The van der Waals surface area contributed by atoms with Crippen LogP contribution >= 0.6 is 0 Å². The third-order valence-corrected chi connectivity index (χ3v) is 3.68. The minimum Gasteiger partial charge on any atom is -0.422 e. The maximum absolute atomic E-state index is 12.1. The molecule has 1 aliphatic rings. The molecular weight excluding hydrogens is 268 g/mol. The number of amides is 1. The van der Waals surface area contributed by atoms with Crippen molar-refractivity contribution in [1.82, 2.24) is 15.1 Å². The lowest BCUT2D eigenvalue weighted by Gasteiger charge is -2.14. The van der Waals surface area contributed by atoms with E-state index in [1.807, 2.05) is 18.2 Å². The molecule has 6 nitrogen and oxygen atoms in total. The van der Waals surface area contributed by atoms with E-state index in [1.54, 1.807) is 11.8 Å². The van der Waals surface area contributed by atoms with Gasteiger partial charge in [0.25, 0.3) is 0 Å². The molecule has 0 saturated carbocycles. The fourth-order valence-corrected chi connectivity index (χ4v) is 2.55. The Bertz CT molecular complexity index is 624. The molecule has 3 rings (SSSR count). The van der Waals surface area contributed by atoms with Crippen LogP contribution in [0.5, 0.6) is 0 Å². The molecule has 2 heterocycles. The molecule has 0 aliphatic carbocycles. The Kier molecular flexibility index (Phi) is 3.70. The molecule has 1 aliphatic heterocycles. The number of carbonyl (C=O) groups excluding carboxylic acids is 1. The van der Waals surface area contributed by atoms with Gasteiger partial charge in [-0.1, -0.05) is 30.3 Å². The number of aromatic nitrogens is 2. The number of nitrogens with zero attached hydrogens (tertiary/aromatic N) is 3. The number of benzene rings is 1. The Balaban J connectivity index is 1.68. The van der Waals surface area contributed by atoms with Crippen molar-refractivity contribution in [2.75, 3.05) is 6.54 Å². The molecule has 2 unspecified atom stereocenters. The number of nitrogens with two attached hydrogens (primary N) is 1. The van der Waals surface area contributed by atoms with Gasteiger partial charge >= 0.3 is 0 Å². The smallest absolute Gasteiger partial charge is 0.235 e. The molecule has 2 aromatic rings. The van der Waals surface area contributed by atoms with Gasteiger partial charge in [0.1, 0.15) is 0 Å². The van der Waals surface area contributed by atoms with E-state index in [4.69, 9.17) is 10.2 Å². The molecule has 0 bridgehead atoms. The molecule has 1 amide bonds. The predicted octanol–water partition coefficient (Wildman–Crippen LogP) is 1.61. The Morgan fingerprint density at radius 1 is 1.38 bits per heavy atom. The van der Waals surface area contributed by atoms with Crippen LogP contribution < -0.4 is 5.73 Å². The average molecular weight is 286 g/mol. The third kappa shape index (κ3) is 2.95. The summed E-state index contributed by atoms with van der Waals surface area (Å²) in [4.78, 5) is 13.9. The summed E-state index contributed by atoms with van der Waals surface area (Å²) in [5.41, 5.74) is 6.87. The molecule has 2 N–H and O–H groups in total. The van der Waals surface area contributed by atoms with Gasteiger partial charge in [0.05, 0.1) is 12.6 Å². The van der Waals surface area contributed by atoms with Gasteiger partial charge in [0, 0.05) is 18.9 Å². The van der Waals surface area contributed by atoms with Crippen molar-refractivity contribution in [3.8, 4) is 0 Å². The quantitative estimate of drug-likeness (QED) is 0.922. The summed E-state index contributed by atoms with van der Waals surface area (Å²) in [5, 5.41) is 7.82. The van der Waals surface area contributed by atoms with E-state index >= 15 is 0 Å². The van der Waals surface area contributed by atoms with E-state index in [2.05, 4.69) is 22.3 Å². The Morgan fingerprint density at radius 2 is 2.14 bits per heavy atom. The van der Waals surface area contributed by atoms with Crippen LogP contribution in [0.15, 0.2) is 34.7 Å². The van der Waals surface area contributed by atoms with Crippen molar-refractivity contribution in [3.63, 3.8) is 0 Å². The standard InChI is InChI=1S/C15H18N4O2/c1-10(16)15-18-17-13(21-15)9-19-8-12(7-14(19)20)11-5-3-2-4-6-11/h2-6,10,12H,7-9,16H2,1H3. The molecule has 6 heteroatoms. The van der Waals surface area contributed by atoms with Gasteiger partial charge in [-0.25, -0.2) is 0 Å². The van der Waals surface area contributed by atoms with Gasteiger partial charge in [-0.05, 0) is 12.5 Å². The summed E-state index contributed by atoms with van der Waals surface area (Å²) in [5.74, 6) is 1.18. The van der Waals surface area contributed by atoms with E-state index in [0.29, 0.717) is 31.3 Å². The highest BCUT2D eigenvalue weighted by molar-refractivity contribution is 5.79. The normalized spacial score (nSPS) is 20.0. The van der Waals surface area contributed by atoms with Crippen molar-refractivity contribution in [1.29, 1.82) is 0 Å². The fraction of sp³-hybridized carbons (Fsp3) is 0.400. The van der Waals surface area contributed by atoms with Crippen LogP contribution in [0.1, 0.15) is 42.6 Å².